The first kappa shape index (κ1) is 20.7. The van der Waals surface area contributed by atoms with Crippen molar-refractivity contribution in [3.8, 4) is 5.75 Å². The lowest BCUT2D eigenvalue weighted by Gasteiger charge is -2.11. The maximum absolute atomic E-state index is 14.0. The van der Waals surface area contributed by atoms with Gasteiger partial charge in [-0.3, -0.25) is 4.79 Å². The van der Waals surface area contributed by atoms with Gasteiger partial charge in [0.05, 0.1) is 5.52 Å². The van der Waals surface area contributed by atoms with Crippen molar-refractivity contribution in [2.24, 2.45) is 0 Å². The van der Waals surface area contributed by atoms with Gasteiger partial charge in [-0.25, -0.2) is 4.39 Å². The summed E-state index contributed by atoms with van der Waals surface area (Å²) in [5, 5.41) is 3.81. The predicted molar refractivity (Wildman–Crippen MR) is 122 cm³/mol. The first-order valence-electron chi connectivity index (χ1n) is 10.4. The summed E-state index contributed by atoms with van der Waals surface area (Å²) in [4.78, 5) is 13.1. The number of hydrogen-bond donors (Lipinski definition) is 1. The number of halogens is 1. The van der Waals surface area contributed by atoms with E-state index in [4.69, 9.17) is 4.74 Å². The molecule has 0 unspecified atom stereocenters. The second-order valence-corrected chi connectivity index (χ2v) is 7.57. The van der Waals surface area contributed by atoms with E-state index in [9.17, 15) is 9.18 Å². The van der Waals surface area contributed by atoms with Crippen LogP contribution >= 0.6 is 0 Å². The zero-order chi connectivity index (χ0) is 21.8. The molecule has 4 aromatic rings. The van der Waals surface area contributed by atoms with Gasteiger partial charge in [-0.2, -0.15) is 0 Å². The lowest BCUT2D eigenvalue weighted by atomic mass is 10.2. The number of hydrogen-bond acceptors (Lipinski definition) is 2. The molecule has 0 fully saturated rings. The zero-order valence-corrected chi connectivity index (χ0v) is 17.7. The normalized spacial score (nSPS) is 10.9. The number of fused-ring (bicyclic) bond motifs is 1. The summed E-state index contributed by atoms with van der Waals surface area (Å²) in [6.45, 7) is 4.91. The molecule has 0 bridgehead atoms. The average molecular weight is 416 g/mol. The van der Waals surface area contributed by atoms with Gasteiger partial charge in [-0.15, -0.1) is 0 Å². The fourth-order valence-electron chi connectivity index (χ4n) is 3.64. The van der Waals surface area contributed by atoms with Crippen LogP contribution in [0.25, 0.3) is 10.9 Å². The van der Waals surface area contributed by atoms with E-state index < -0.39 is 0 Å². The van der Waals surface area contributed by atoms with E-state index in [1.165, 1.54) is 6.07 Å². The van der Waals surface area contributed by atoms with Gasteiger partial charge in [0.2, 0.25) is 0 Å². The Morgan fingerprint density at radius 1 is 1.03 bits per heavy atom. The van der Waals surface area contributed by atoms with Gasteiger partial charge in [0, 0.05) is 23.2 Å². The first-order chi connectivity index (χ1) is 15.1. The Balaban J connectivity index is 1.66. The highest BCUT2D eigenvalue weighted by molar-refractivity contribution is 6.07. The number of nitrogens with zero attached hydrogens (tertiary/aromatic N) is 1. The summed E-state index contributed by atoms with van der Waals surface area (Å²) in [6, 6.07) is 21.9. The third-order valence-corrected chi connectivity index (χ3v) is 5.24. The number of amides is 1. The van der Waals surface area contributed by atoms with Crippen LogP contribution in [0.1, 0.15) is 35.0 Å². The molecule has 31 heavy (non-hydrogen) atoms. The third-order valence-electron chi connectivity index (χ3n) is 5.24. The maximum atomic E-state index is 14.0. The molecule has 0 spiro atoms. The lowest BCUT2D eigenvalue weighted by Crippen LogP contribution is -2.17. The van der Waals surface area contributed by atoms with Crippen molar-refractivity contribution < 1.29 is 13.9 Å². The Kier molecular flexibility index (Phi) is 6.03. The zero-order valence-electron chi connectivity index (χ0n) is 17.7. The van der Waals surface area contributed by atoms with Crippen LogP contribution in [-0.4, -0.2) is 10.5 Å². The Morgan fingerprint density at radius 2 is 1.81 bits per heavy atom. The molecule has 0 aliphatic heterocycles. The molecule has 0 saturated carbocycles. The molecular weight excluding hydrogens is 391 g/mol. The number of aryl methyl sites for hydroxylation is 2. The van der Waals surface area contributed by atoms with Gasteiger partial charge >= 0.3 is 0 Å². The Labute approximate surface area is 181 Å². The van der Waals surface area contributed by atoms with Gasteiger partial charge in [0.1, 0.15) is 23.9 Å². The number of carbonyl (C=O) groups excluding carboxylic acids is 1. The first-order valence-corrected chi connectivity index (χ1v) is 10.4. The van der Waals surface area contributed by atoms with E-state index in [0.717, 1.165) is 28.6 Å². The highest BCUT2D eigenvalue weighted by atomic mass is 19.1. The second kappa shape index (κ2) is 9.04. The van der Waals surface area contributed by atoms with Crippen LogP contribution in [0, 0.1) is 12.7 Å². The molecule has 0 atom stereocenters. The van der Waals surface area contributed by atoms with Crippen LogP contribution in [-0.2, 0) is 13.2 Å². The van der Waals surface area contributed by atoms with E-state index >= 15 is 0 Å². The number of rotatable bonds is 7. The maximum Gasteiger partial charge on any atom is 0.272 e. The van der Waals surface area contributed by atoms with Gasteiger partial charge in [0.25, 0.3) is 5.91 Å². The molecule has 1 aromatic heterocycles. The van der Waals surface area contributed by atoms with Gasteiger partial charge < -0.3 is 14.6 Å². The molecular formula is C26H25FN2O2. The number of aromatic nitrogens is 1. The molecule has 3 aromatic carbocycles. The largest absolute Gasteiger partial charge is 0.488 e. The number of carbonyl (C=O) groups is 1. The number of ether oxygens (including phenoxy) is 1. The fraction of sp³-hybridized carbons (Fsp3) is 0.192. The summed E-state index contributed by atoms with van der Waals surface area (Å²) >= 11 is 0. The molecule has 1 amide bonds. The molecule has 4 nitrogen and oxygen atoms in total. The van der Waals surface area contributed by atoms with Crippen molar-refractivity contribution in [2.75, 3.05) is 5.32 Å². The molecule has 4 rings (SSSR count). The quantitative estimate of drug-likeness (QED) is 0.382. The molecule has 0 saturated heterocycles. The van der Waals surface area contributed by atoms with E-state index in [1.54, 1.807) is 18.2 Å². The summed E-state index contributed by atoms with van der Waals surface area (Å²) in [5.41, 5.74) is 3.86. The summed E-state index contributed by atoms with van der Waals surface area (Å²) in [7, 11) is 0. The van der Waals surface area contributed by atoms with Crippen molar-refractivity contribution in [3.63, 3.8) is 0 Å². The van der Waals surface area contributed by atoms with Crippen molar-refractivity contribution >= 4 is 22.5 Å². The Bertz CT molecular complexity index is 1210. The van der Waals surface area contributed by atoms with Crippen LogP contribution in [0.3, 0.4) is 0 Å². The van der Waals surface area contributed by atoms with Crippen LogP contribution in [0.5, 0.6) is 5.75 Å². The lowest BCUT2D eigenvalue weighted by molar-refractivity contribution is 0.101. The minimum Gasteiger partial charge on any atom is -0.488 e. The number of benzene rings is 3. The SMILES string of the molecule is CCCn1c(C(=O)Nc2ccc(C)cc2)cc2c(OCc3ccccc3F)cccc21. The topological polar surface area (TPSA) is 43.3 Å². The van der Waals surface area contributed by atoms with E-state index in [0.29, 0.717) is 23.6 Å². The smallest absolute Gasteiger partial charge is 0.272 e. The summed E-state index contributed by atoms with van der Waals surface area (Å²) in [6.07, 6.45) is 0.884. The fourth-order valence-corrected chi connectivity index (χ4v) is 3.64. The molecule has 0 aliphatic rings. The predicted octanol–water partition coefficient (Wildman–Crippen LogP) is 6.33. The third kappa shape index (κ3) is 4.45. The van der Waals surface area contributed by atoms with Crippen molar-refractivity contribution in [2.45, 2.75) is 33.4 Å². The van der Waals surface area contributed by atoms with E-state index in [2.05, 4.69) is 12.2 Å². The van der Waals surface area contributed by atoms with Crippen LogP contribution in [0.4, 0.5) is 10.1 Å². The molecule has 0 aliphatic carbocycles. The van der Waals surface area contributed by atoms with Crippen molar-refractivity contribution in [1.29, 1.82) is 0 Å². The second-order valence-electron chi connectivity index (χ2n) is 7.57. The Hall–Kier alpha value is -3.60. The van der Waals surface area contributed by atoms with Gasteiger partial charge in [-0.1, -0.05) is 48.9 Å². The van der Waals surface area contributed by atoms with Crippen LogP contribution in [0.15, 0.2) is 72.8 Å². The minimum absolute atomic E-state index is 0.121. The molecule has 0 radical (unpaired) electrons. The molecule has 1 N–H and O–H groups in total. The molecule has 158 valence electrons. The highest BCUT2D eigenvalue weighted by Gasteiger charge is 2.18. The summed E-state index contributed by atoms with van der Waals surface area (Å²) in [5.74, 6) is 0.157. The Morgan fingerprint density at radius 3 is 2.55 bits per heavy atom. The van der Waals surface area contributed by atoms with Crippen LogP contribution < -0.4 is 10.1 Å². The van der Waals surface area contributed by atoms with E-state index in [-0.39, 0.29) is 18.3 Å². The van der Waals surface area contributed by atoms with Crippen LogP contribution in [0.2, 0.25) is 0 Å². The number of anilines is 1. The standard InChI is InChI=1S/C26H25FN2O2/c1-3-15-29-23-9-6-10-25(31-17-19-7-4-5-8-22(19)27)21(23)16-24(29)26(30)28-20-13-11-18(2)12-14-20/h4-14,16H,3,15,17H2,1-2H3,(H,28,30). The molecule has 1 heterocycles. The summed E-state index contributed by atoms with van der Waals surface area (Å²) < 4.78 is 21.9. The van der Waals surface area contributed by atoms with Crippen molar-refractivity contribution in [1.82, 2.24) is 4.57 Å². The molecule has 5 heteroatoms. The average Bonchev–Trinajstić information content (AvgIpc) is 3.14. The van der Waals surface area contributed by atoms with E-state index in [1.807, 2.05) is 60.0 Å². The highest BCUT2D eigenvalue weighted by Crippen LogP contribution is 2.30. The number of nitrogens with one attached hydrogen (secondary N) is 1. The van der Waals surface area contributed by atoms with Gasteiger partial charge in [-0.05, 0) is 49.7 Å². The minimum atomic E-state index is -0.295. The van der Waals surface area contributed by atoms with Crippen molar-refractivity contribution in [3.05, 3.63) is 95.4 Å². The monoisotopic (exact) mass is 416 g/mol. The van der Waals surface area contributed by atoms with Gasteiger partial charge in [0.15, 0.2) is 0 Å².